The molecule has 1 aromatic rings. The maximum absolute atomic E-state index is 12.3. The van der Waals surface area contributed by atoms with Gasteiger partial charge < -0.3 is 20.7 Å². The maximum atomic E-state index is 12.3. The van der Waals surface area contributed by atoms with Gasteiger partial charge in [0, 0.05) is 17.6 Å². The summed E-state index contributed by atoms with van der Waals surface area (Å²) in [5, 5.41) is 3.31. The second kappa shape index (κ2) is 6.22. The number of aryl methyl sites for hydroxylation is 1. The monoisotopic (exact) mass is 311 g/mol. The van der Waals surface area contributed by atoms with Gasteiger partial charge in [-0.2, -0.15) is 0 Å². The van der Waals surface area contributed by atoms with Crippen LogP contribution in [0.1, 0.15) is 18.4 Å². The number of carbonyl (C=O) groups is 2. The smallest absolute Gasteiger partial charge is 0.322 e. The number of methoxy groups -OCH3 is 1. The molecule has 114 valence electrons. The van der Waals surface area contributed by atoms with E-state index in [1.807, 2.05) is 6.92 Å². The van der Waals surface area contributed by atoms with Crippen molar-refractivity contribution >= 4 is 29.2 Å². The Labute approximate surface area is 128 Å². The molecule has 3 N–H and O–H groups in total. The first-order chi connectivity index (χ1) is 9.93. The topological polar surface area (TPSA) is 84.7 Å². The molecule has 0 spiro atoms. The number of rotatable bonds is 3. The SMILES string of the molecule is COc1cc(Cl)c(C)cc1NC(=O)N1CCCC1C(N)=O. The van der Waals surface area contributed by atoms with Gasteiger partial charge in [0.05, 0.1) is 12.8 Å². The van der Waals surface area contributed by atoms with Gasteiger partial charge in [-0.25, -0.2) is 4.79 Å². The first kappa shape index (κ1) is 15.4. The standard InChI is InChI=1S/C14H18ClN3O3/c1-8-6-10(12(21-2)7-9(8)15)17-14(20)18-5-3-4-11(18)13(16)19/h6-7,11H,3-5H2,1-2H3,(H2,16,19)(H,17,20). The van der Waals surface area contributed by atoms with Crippen molar-refractivity contribution in [3.05, 3.63) is 22.7 Å². The van der Waals surface area contributed by atoms with Crippen molar-refractivity contribution in [2.45, 2.75) is 25.8 Å². The highest BCUT2D eigenvalue weighted by molar-refractivity contribution is 6.31. The molecule has 1 aliphatic heterocycles. The number of nitrogens with zero attached hydrogens (tertiary/aromatic N) is 1. The van der Waals surface area contributed by atoms with Crippen LogP contribution in [0.25, 0.3) is 0 Å². The van der Waals surface area contributed by atoms with Crippen LogP contribution < -0.4 is 15.8 Å². The van der Waals surface area contributed by atoms with E-state index >= 15 is 0 Å². The van der Waals surface area contributed by atoms with E-state index in [9.17, 15) is 9.59 Å². The zero-order chi connectivity index (χ0) is 15.6. The summed E-state index contributed by atoms with van der Waals surface area (Å²) in [6.45, 7) is 2.34. The molecule has 21 heavy (non-hydrogen) atoms. The first-order valence-corrected chi connectivity index (χ1v) is 7.03. The van der Waals surface area contributed by atoms with E-state index in [0.717, 1.165) is 12.0 Å². The predicted molar refractivity (Wildman–Crippen MR) is 80.7 cm³/mol. The van der Waals surface area contributed by atoms with E-state index in [2.05, 4.69) is 5.32 Å². The second-order valence-corrected chi connectivity index (χ2v) is 5.39. The number of benzene rings is 1. The third kappa shape index (κ3) is 3.21. The van der Waals surface area contributed by atoms with Crippen molar-refractivity contribution in [3.8, 4) is 5.75 Å². The van der Waals surface area contributed by atoms with Crippen LogP contribution in [0.3, 0.4) is 0 Å². The van der Waals surface area contributed by atoms with Gasteiger partial charge in [-0.05, 0) is 31.4 Å². The number of primary amides is 1. The van der Waals surface area contributed by atoms with Gasteiger partial charge in [-0.3, -0.25) is 4.79 Å². The van der Waals surface area contributed by atoms with Gasteiger partial charge in [-0.15, -0.1) is 0 Å². The molecule has 1 heterocycles. The number of halogens is 1. The number of carbonyl (C=O) groups excluding carboxylic acids is 2. The predicted octanol–water partition coefficient (Wildman–Crippen LogP) is 2.14. The molecule has 7 heteroatoms. The molecule has 1 saturated heterocycles. The summed E-state index contributed by atoms with van der Waals surface area (Å²) >= 11 is 6.03. The van der Waals surface area contributed by atoms with Crippen LogP contribution in [0.15, 0.2) is 12.1 Å². The second-order valence-electron chi connectivity index (χ2n) is 4.99. The average Bonchev–Trinajstić information content (AvgIpc) is 2.92. The summed E-state index contributed by atoms with van der Waals surface area (Å²) in [7, 11) is 1.50. The largest absolute Gasteiger partial charge is 0.495 e. The number of hydrogen-bond donors (Lipinski definition) is 2. The fourth-order valence-electron chi connectivity index (χ4n) is 2.42. The summed E-state index contributed by atoms with van der Waals surface area (Å²) < 4.78 is 5.21. The molecule has 1 aromatic carbocycles. The minimum Gasteiger partial charge on any atom is -0.495 e. The molecule has 0 saturated carbocycles. The minimum atomic E-state index is -0.551. The van der Waals surface area contributed by atoms with Crippen LogP contribution in [0.5, 0.6) is 5.75 Å². The van der Waals surface area contributed by atoms with Crippen LogP contribution in [-0.2, 0) is 4.79 Å². The molecule has 2 rings (SSSR count). The van der Waals surface area contributed by atoms with E-state index in [1.54, 1.807) is 12.1 Å². The number of amides is 3. The van der Waals surface area contributed by atoms with Crippen molar-refractivity contribution in [3.63, 3.8) is 0 Å². The maximum Gasteiger partial charge on any atom is 0.322 e. The minimum absolute atomic E-state index is 0.365. The molecule has 0 bridgehead atoms. The van der Waals surface area contributed by atoms with Crippen molar-refractivity contribution in [2.75, 3.05) is 19.0 Å². The van der Waals surface area contributed by atoms with Crippen molar-refractivity contribution < 1.29 is 14.3 Å². The van der Waals surface area contributed by atoms with Gasteiger partial charge in [0.2, 0.25) is 5.91 Å². The number of nitrogens with two attached hydrogens (primary N) is 1. The van der Waals surface area contributed by atoms with Gasteiger partial charge in [0.1, 0.15) is 11.8 Å². The number of urea groups is 1. The number of hydrogen-bond acceptors (Lipinski definition) is 3. The molecular formula is C14H18ClN3O3. The normalized spacial score (nSPS) is 17.7. The lowest BCUT2D eigenvalue weighted by atomic mass is 10.2. The molecule has 6 nitrogen and oxygen atoms in total. The van der Waals surface area contributed by atoms with Crippen LogP contribution in [-0.4, -0.2) is 36.5 Å². The fraction of sp³-hybridized carbons (Fsp3) is 0.429. The van der Waals surface area contributed by atoms with E-state index in [1.165, 1.54) is 12.0 Å². The Morgan fingerprint density at radius 2 is 2.19 bits per heavy atom. The molecule has 1 unspecified atom stereocenters. The van der Waals surface area contributed by atoms with Gasteiger partial charge in [0.25, 0.3) is 0 Å². The molecule has 0 aromatic heterocycles. The van der Waals surface area contributed by atoms with Crippen LogP contribution in [0, 0.1) is 6.92 Å². The zero-order valence-corrected chi connectivity index (χ0v) is 12.7. The van der Waals surface area contributed by atoms with E-state index in [-0.39, 0.29) is 6.03 Å². The highest BCUT2D eigenvalue weighted by Crippen LogP contribution is 2.31. The quantitative estimate of drug-likeness (QED) is 0.897. The van der Waals surface area contributed by atoms with Crippen LogP contribution in [0.2, 0.25) is 5.02 Å². The summed E-state index contributed by atoms with van der Waals surface area (Å²) in [5.41, 5.74) is 6.65. The lowest BCUT2D eigenvalue weighted by molar-refractivity contribution is -0.121. The highest BCUT2D eigenvalue weighted by Gasteiger charge is 2.33. The first-order valence-electron chi connectivity index (χ1n) is 6.65. The summed E-state index contributed by atoms with van der Waals surface area (Å²) in [4.78, 5) is 25.1. The zero-order valence-electron chi connectivity index (χ0n) is 12.0. The number of nitrogens with one attached hydrogen (secondary N) is 1. The molecule has 3 amide bonds. The Balaban J connectivity index is 2.20. The van der Waals surface area contributed by atoms with Crippen LogP contribution >= 0.6 is 11.6 Å². The summed E-state index contributed by atoms with van der Waals surface area (Å²) in [6, 6.07) is 2.46. The lowest BCUT2D eigenvalue weighted by Gasteiger charge is -2.23. The number of ether oxygens (including phenoxy) is 1. The molecule has 1 atom stereocenters. The molecule has 1 aliphatic rings. The molecular weight excluding hydrogens is 294 g/mol. The average molecular weight is 312 g/mol. The van der Waals surface area contributed by atoms with Gasteiger partial charge in [0.15, 0.2) is 0 Å². The van der Waals surface area contributed by atoms with Crippen molar-refractivity contribution in [1.29, 1.82) is 0 Å². The number of anilines is 1. The Morgan fingerprint density at radius 3 is 2.81 bits per heavy atom. The van der Waals surface area contributed by atoms with Crippen LogP contribution in [0.4, 0.5) is 10.5 Å². The van der Waals surface area contributed by atoms with E-state index in [4.69, 9.17) is 22.1 Å². The highest BCUT2D eigenvalue weighted by atomic mass is 35.5. The third-order valence-corrected chi connectivity index (χ3v) is 3.97. The van der Waals surface area contributed by atoms with E-state index < -0.39 is 11.9 Å². The van der Waals surface area contributed by atoms with Gasteiger partial charge in [-0.1, -0.05) is 11.6 Å². The third-order valence-electron chi connectivity index (χ3n) is 3.56. The van der Waals surface area contributed by atoms with E-state index in [0.29, 0.717) is 29.4 Å². The molecule has 1 fully saturated rings. The van der Waals surface area contributed by atoms with Crippen molar-refractivity contribution in [1.82, 2.24) is 4.90 Å². The summed E-state index contributed by atoms with van der Waals surface area (Å²) in [5.74, 6) is -0.0179. The fourth-order valence-corrected chi connectivity index (χ4v) is 2.58. The van der Waals surface area contributed by atoms with Gasteiger partial charge >= 0.3 is 6.03 Å². The molecule has 0 radical (unpaired) electrons. The Hall–Kier alpha value is -1.95. The van der Waals surface area contributed by atoms with Crippen molar-refractivity contribution in [2.24, 2.45) is 5.73 Å². The number of likely N-dealkylation sites (tertiary alicyclic amines) is 1. The Kier molecular flexibility index (Phi) is 4.57. The molecule has 0 aliphatic carbocycles. The summed E-state index contributed by atoms with van der Waals surface area (Å²) in [6.07, 6.45) is 1.36. The Bertz CT molecular complexity index is 577. The lowest BCUT2D eigenvalue weighted by Crippen LogP contribution is -2.45. The Morgan fingerprint density at radius 1 is 1.48 bits per heavy atom.